The quantitative estimate of drug-likeness (QED) is 0.719. The highest BCUT2D eigenvalue weighted by Crippen LogP contribution is 2.24. The van der Waals surface area contributed by atoms with Crippen molar-refractivity contribution in [3.8, 4) is 5.75 Å². The molecular weight excluding hydrogens is 256 g/mol. The maximum Gasteiger partial charge on any atom is 0.319 e. The standard InChI is InChI=1S/C15H24N2O3/c1-4-12(18)9-10-16-15(19)17-13-7-5-6-8-14(13)20-11(2)3/h5-8,11-12,18H,4,9-10H2,1-3H3,(H2,16,17,19). The van der Waals surface area contributed by atoms with E-state index in [4.69, 9.17) is 4.74 Å². The highest BCUT2D eigenvalue weighted by molar-refractivity contribution is 5.90. The van der Waals surface area contributed by atoms with Crippen molar-refractivity contribution in [2.45, 2.75) is 45.8 Å². The van der Waals surface area contributed by atoms with Crippen LogP contribution in [0, 0.1) is 0 Å². The molecule has 0 heterocycles. The summed E-state index contributed by atoms with van der Waals surface area (Å²) >= 11 is 0. The van der Waals surface area contributed by atoms with Crippen molar-refractivity contribution in [3.63, 3.8) is 0 Å². The predicted molar refractivity (Wildman–Crippen MR) is 80.1 cm³/mol. The molecular formula is C15H24N2O3. The summed E-state index contributed by atoms with van der Waals surface area (Å²) in [4.78, 5) is 11.8. The second-order valence-electron chi connectivity index (χ2n) is 4.89. The summed E-state index contributed by atoms with van der Waals surface area (Å²) < 4.78 is 5.62. The lowest BCUT2D eigenvalue weighted by molar-refractivity contribution is 0.160. The molecule has 0 aliphatic rings. The third-order valence-electron chi connectivity index (χ3n) is 2.73. The summed E-state index contributed by atoms with van der Waals surface area (Å²) in [6.45, 7) is 6.21. The second kappa shape index (κ2) is 8.43. The average molecular weight is 280 g/mol. The minimum Gasteiger partial charge on any atom is -0.489 e. The number of carbonyl (C=O) groups excluding carboxylic acids is 1. The fourth-order valence-electron chi connectivity index (χ4n) is 1.65. The first-order valence-corrected chi connectivity index (χ1v) is 7.01. The van der Waals surface area contributed by atoms with Gasteiger partial charge in [-0.05, 0) is 38.8 Å². The van der Waals surface area contributed by atoms with E-state index in [-0.39, 0.29) is 18.2 Å². The van der Waals surface area contributed by atoms with E-state index in [1.807, 2.05) is 39.0 Å². The molecule has 0 spiro atoms. The molecule has 0 radical (unpaired) electrons. The van der Waals surface area contributed by atoms with E-state index in [2.05, 4.69) is 10.6 Å². The molecule has 5 heteroatoms. The normalized spacial score (nSPS) is 12.1. The Labute approximate surface area is 120 Å². The third kappa shape index (κ3) is 5.93. The Morgan fingerprint density at radius 1 is 1.35 bits per heavy atom. The number of aliphatic hydroxyl groups is 1. The molecule has 2 amide bonds. The molecule has 3 N–H and O–H groups in total. The van der Waals surface area contributed by atoms with Crippen LogP contribution in [0.3, 0.4) is 0 Å². The zero-order valence-electron chi connectivity index (χ0n) is 12.3. The van der Waals surface area contributed by atoms with Gasteiger partial charge in [-0.2, -0.15) is 0 Å². The zero-order valence-corrected chi connectivity index (χ0v) is 12.3. The summed E-state index contributed by atoms with van der Waals surface area (Å²) in [7, 11) is 0. The molecule has 1 rings (SSSR count). The van der Waals surface area contributed by atoms with Gasteiger partial charge in [0, 0.05) is 6.54 Å². The molecule has 1 atom stereocenters. The minimum absolute atomic E-state index is 0.0423. The average Bonchev–Trinajstić information content (AvgIpc) is 2.40. The van der Waals surface area contributed by atoms with Gasteiger partial charge in [-0.3, -0.25) is 0 Å². The number of para-hydroxylation sites is 2. The topological polar surface area (TPSA) is 70.6 Å². The molecule has 0 saturated heterocycles. The van der Waals surface area contributed by atoms with Gasteiger partial charge in [0.25, 0.3) is 0 Å². The number of aliphatic hydroxyl groups excluding tert-OH is 1. The van der Waals surface area contributed by atoms with E-state index in [1.165, 1.54) is 0 Å². The Morgan fingerprint density at radius 2 is 2.05 bits per heavy atom. The first kappa shape index (κ1) is 16.3. The number of amides is 2. The molecule has 0 aromatic heterocycles. The van der Waals surface area contributed by atoms with Crippen LogP contribution in [0.2, 0.25) is 0 Å². The van der Waals surface area contributed by atoms with Crippen molar-refractivity contribution in [3.05, 3.63) is 24.3 Å². The van der Waals surface area contributed by atoms with Crippen molar-refractivity contribution < 1.29 is 14.6 Å². The monoisotopic (exact) mass is 280 g/mol. The number of urea groups is 1. The number of anilines is 1. The molecule has 1 unspecified atom stereocenters. The van der Waals surface area contributed by atoms with Crippen LogP contribution < -0.4 is 15.4 Å². The van der Waals surface area contributed by atoms with Crippen LogP contribution in [-0.2, 0) is 0 Å². The number of hydrogen-bond acceptors (Lipinski definition) is 3. The van der Waals surface area contributed by atoms with Crippen LogP contribution in [0.25, 0.3) is 0 Å². The number of nitrogens with one attached hydrogen (secondary N) is 2. The van der Waals surface area contributed by atoms with Crippen LogP contribution in [0.15, 0.2) is 24.3 Å². The number of benzene rings is 1. The Morgan fingerprint density at radius 3 is 2.70 bits per heavy atom. The fraction of sp³-hybridized carbons (Fsp3) is 0.533. The lowest BCUT2D eigenvalue weighted by atomic mass is 10.2. The second-order valence-corrected chi connectivity index (χ2v) is 4.89. The Balaban J connectivity index is 2.49. The van der Waals surface area contributed by atoms with E-state index >= 15 is 0 Å². The summed E-state index contributed by atoms with van der Waals surface area (Å²) in [6.07, 6.45) is 0.912. The lowest BCUT2D eigenvalue weighted by Crippen LogP contribution is -2.31. The highest BCUT2D eigenvalue weighted by atomic mass is 16.5. The molecule has 1 aromatic carbocycles. The largest absolute Gasteiger partial charge is 0.489 e. The van der Waals surface area contributed by atoms with Gasteiger partial charge < -0.3 is 20.5 Å². The molecule has 0 aliphatic heterocycles. The maximum atomic E-state index is 11.8. The Bertz CT molecular complexity index is 421. The third-order valence-corrected chi connectivity index (χ3v) is 2.73. The summed E-state index contributed by atoms with van der Waals surface area (Å²) in [6, 6.07) is 7.00. The van der Waals surface area contributed by atoms with Crippen LogP contribution in [0.1, 0.15) is 33.6 Å². The van der Waals surface area contributed by atoms with E-state index in [1.54, 1.807) is 6.07 Å². The first-order valence-electron chi connectivity index (χ1n) is 7.01. The van der Waals surface area contributed by atoms with E-state index in [9.17, 15) is 9.90 Å². The van der Waals surface area contributed by atoms with Crippen molar-refractivity contribution >= 4 is 11.7 Å². The molecule has 0 fully saturated rings. The molecule has 5 nitrogen and oxygen atoms in total. The van der Waals surface area contributed by atoms with Gasteiger partial charge in [0.1, 0.15) is 5.75 Å². The van der Waals surface area contributed by atoms with Crippen LogP contribution >= 0.6 is 0 Å². The maximum absolute atomic E-state index is 11.8. The van der Waals surface area contributed by atoms with Crippen molar-refractivity contribution in [1.82, 2.24) is 5.32 Å². The van der Waals surface area contributed by atoms with Crippen molar-refractivity contribution in [1.29, 1.82) is 0 Å². The van der Waals surface area contributed by atoms with E-state index in [0.717, 1.165) is 0 Å². The predicted octanol–water partition coefficient (Wildman–Crippen LogP) is 2.76. The van der Waals surface area contributed by atoms with Gasteiger partial charge in [0.2, 0.25) is 0 Å². The fourth-order valence-corrected chi connectivity index (χ4v) is 1.65. The van der Waals surface area contributed by atoms with Crippen molar-refractivity contribution in [2.75, 3.05) is 11.9 Å². The van der Waals surface area contributed by atoms with E-state index < -0.39 is 0 Å². The SMILES string of the molecule is CCC(O)CCNC(=O)Nc1ccccc1OC(C)C. The van der Waals surface area contributed by atoms with Crippen LogP contribution in [0.5, 0.6) is 5.75 Å². The molecule has 112 valence electrons. The van der Waals surface area contributed by atoms with E-state index in [0.29, 0.717) is 30.8 Å². The minimum atomic E-state index is -0.369. The van der Waals surface area contributed by atoms with Gasteiger partial charge in [-0.25, -0.2) is 4.79 Å². The van der Waals surface area contributed by atoms with Gasteiger partial charge in [-0.1, -0.05) is 19.1 Å². The van der Waals surface area contributed by atoms with Gasteiger partial charge in [0.05, 0.1) is 17.9 Å². The highest BCUT2D eigenvalue weighted by Gasteiger charge is 2.08. The smallest absolute Gasteiger partial charge is 0.319 e. The lowest BCUT2D eigenvalue weighted by Gasteiger charge is -2.15. The zero-order chi connectivity index (χ0) is 15.0. The molecule has 0 saturated carbocycles. The molecule has 1 aromatic rings. The van der Waals surface area contributed by atoms with Gasteiger partial charge in [0.15, 0.2) is 0 Å². The summed E-state index contributed by atoms with van der Waals surface area (Å²) in [5, 5.41) is 14.9. The van der Waals surface area contributed by atoms with Crippen LogP contribution in [0.4, 0.5) is 10.5 Å². The number of carbonyl (C=O) groups is 1. The number of hydrogen-bond donors (Lipinski definition) is 3. The first-order chi connectivity index (χ1) is 9.52. The number of rotatable bonds is 7. The van der Waals surface area contributed by atoms with Crippen molar-refractivity contribution in [2.24, 2.45) is 0 Å². The van der Waals surface area contributed by atoms with Gasteiger partial charge >= 0.3 is 6.03 Å². The van der Waals surface area contributed by atoms with Crippen LogP contribution in [-0.4, -0.2) is 29.9 Å². The molecule has 20 heavy (non-hydrogen) atoms. The summed E-state index contributed by atoms with van der Waals surface area (Å²) in [5.74, 6) is 0.645. The summed E-state index contributed by atoms with van der Waals surface area (Å²) in [5.41, 5.74) is 0.634. The van der Waals surface area contributed by atoms with Gasteiger partial charge in [-0.15, -0.1) is 0 Å². The molecule has 0 bridgehead atoms. The Kier molecular flexibility index (Phi) is 6.87. The molecule has 0 aliphatic carbocycles. The number of ether oxygens (including phenoxy) is 1. The Hall–Kier alpha value is -1.75.